The van der Waals surface area contributed by atoms with E-state index >= 15 is 0 Å². The minimum Gasteiger partial charge on any atom is -0.361 e. The molecule has 2 heterocycles. The molecule has 1 aromatic heterocycles. The Kier molecular flexibility index (Phi) is 7.04. The second-order valence-corrected chi connectivity index (χ2v) is 5.99. The van der Waals surface area contributed by atoms with Gasteiger partial charge in [0.15, 0.2) is 5.96 Å². The molecule has 1 N–H and O–H groups in total. The molecule has 0 amide bonds. The minimum absolute atomic E-state index is 0. The van der Waals surface area contributed by atoms with Crippen molar-refractivity contribution in [2.24, 2.45) is 4.99 Å². The second kappa shape index (κ2) is 9.03. The van der Waals surface area contributed by atoms with Gasteiger partial charge in [-0.2, -0.15) is 0 Å². The smallest absolute Gasteiger partial charge is 0.194 e. The van der Waals surface area contributed by atoms with Gasteiger partial charge in [-0.15, -0.1) is 24.0 Å². The van der Waals surface area contributed by atoms with Crippen LogP contribution in [0, 0.1) is 13.8 Å². The summed E-state index contributed by atoms with van der Waals surface area (Å²) in [4.78, 5) is 6.69. The van der Waals surface area contributed by atoms with E-state index in [0.29, 0.717) is 6.54 Å². The maximum atomic E-state index is 5.22. The van der Waals surface area contributed by atoms with Gasteiger partial charge in [-0.3, -0.25) is 4.99 Å². The predicted octanol–water partition coefficient (Wildman–Crippen LogP) is 3.77. The molecule has 2 aromatic rings. The summed E-state index contributed by atoms with van der Waals surface area (Å²) in [5.74, 6) is 1.78. The summed E-state index contributed by atoms with van der Waals surface area (Å²) in [7, 11) is 1.83. The molecule has 0 fully saturated rings. The Balaban J connectivity index is 0.00000225. The van der Waals surface area contributed by atoms with Crippen LogP contribution in [0.5, 0.6) is 0 Å². The van der Waals surface area contributed by atoms with Crippen LogP contribution < -0.4 is 5.32 Å². The van der Waals surface area contributed by atoms with Crippen molar-refractivity contribution in [1.82, 2.24) is 15.4 Å². The first kappa shape index (κ1) is 19.5. The summed E-state index contributed by atoms with van der Waals surface area (Å²) in [5.41, 5.74) is 4.76. The average Bonchev–Trinajstić information content (AvgIpc) is 2.95. The van der Waals surface area contributed by atoms with E-state index in [0.717, 1.165) is 42.5 Å². The van der Waals surface area contributed by atoms with E-state index in [1.54, 1.807) is 0 Å². The lowest BCUT2D eigenvalue weighted by molar-refractivity contribution is 0.392. The second-order valence-electron chi connectivity index (χ2n) is 5.99. The maximum absolute atomic E-state index is 5.22. The molecular formula is C19H25IN4O. The van der Waals surface area contributed by atoms with E-state index in [1.165, 1.54) is 11.1 Å². The van der Waals surface area contributed by atoms with Gasteiger partial charge in [-0.25, -0.2) is 0 Å². The number of guanidine groups is 1. The Morgan fingerprint density at radius 1 is 1.28 bits per heavy atom. The molecule has 1 aliphatic heterocycles. The van der Waals surface area contributed by atoms with Crippen LogP contribution in [0.4, 0.5) is 0 Å². The fourth-order valence-electron chi connectivity index (χ4n) is 3.03. The minimum atomic E-state index is 0. The number of hydrogen-bond donors (Lipinski definition) is 1. The van der Waals surface area contributed by atoms with Crippen LogP contribution in [0.1, 0.15) is 29.0 Å². The quantitative estimate of drug-likeness (QED) is 0.438. The zero-order chi connectivity index (χ0) is 16.9. The molecule has 0 saturated heterocycles. The lowest BCUT2D eigenvalue weighted by Gasteiger charge is -2.29. The average molecular weight is 452 g/mol. The summed E-state index contributed by atoms with van der Waals surface area (Å²) in [5, 5.41) is 7.42. The Morgan fingerprint density at radius 3 is 2.60 bits per heavy atom. The van der Waals surface area contributed by atoms with Gasteiger partial charge in [0.1, 0.15) is 5.76 Å². The number of nitrogens with zero attached hydrogens (tertiary/aromatic N) is 3. The summed E-state index contributed by atoms with van der Waals surface area (Å²) >= 11 is 0. The lowest BCUT2D eigenvalue weighted by atomic mass is 10.00. The number of halogens is 1. The first-order valence-corrected chi connectivity index (χ1v) is 8.31. The molecule has 0 aliphatic carbocycles. The Bertz CT molecular complexity index is 733. The van der Waals surface area contributed by atoms with E-state index in [1.807, 2.05) is 20.9 Å². The van der Waals surface area contributed by atoms with E-state index in [2.05, 4.69) is 56.8 Å². The number of aryl methyl sites for hydroxylation is 2. The topological polar surface area (TPSA) is 53.7 Å². The van der Waals surface area contributed by atoms with Crippen molar-refractivity contribution in [3.05, 3.63) is 59.0 Å². The van der Waals surface area contributed by atoms with Crippen LogP contribution in [0.15, 0.2) is 45.9 Å². The molecule has 0 atom stereocenters. The van der Waals surface area contributed by atoms with E-state index < -0.39 is 0 Å². The molecule has 0 saturated carbocycles. The summed E-state index contributed by atoms with van der Waals surface area (Å²) in [6.45, 7) is 6.41. The molecule has 0 spiro atoms. The highest BCUT2D eigenvalue weighted by molar-refractivity contribution is 14.0. The van der Waals surface area contributed by atoms with Gasteiger partial charge in [0, 0.05) is 32.2 Å². The van der Waals surface area contributed by atoms with Gasteiger partial charge < -0.3 is 14.7 Å². The maximum Gasteiger partial charge on any atom is 0.194 e. The SMILES string of the molecule is CN=C(NCc1c(C)noc1C)N1CC=C(c2ccccc2)CC1.I. The van der Waals surface area contributed by atoms with Crippen molar-refractivity contribution in [2.75, 3.05) is 20.1 Å². The third kappa shape index (κ3) is 4.62. The van der Waals surface area contributed by atoms with E-state index in [-0.39, 0.29) is 24.0 Å². The zero-order valence-corrected chi connectivity index (χ0v) is 17.3. The van der Waals surface area contributed by atoms with Gasteiger partial charge >= 0.3 is 0 Å². The van der Waals surface area contributed by atoms with Crippen LogP contribution in [0.3, 0.4) is 0 Å². The number of hydrogen-bond acceptors (Lipinski definition) is 3. The fraction of sp³-hybridized carbons (Fsp3) is 0.368. The molecule has 3 rings (SSSR count). The highest BCUT2D eigenvalue weighted by atomic mass is 127. The highest BCUT2D eigenvalue weighted by Crippen LogP contribution is 2.22. The van der Waals surface area contributed by atoms with Gasteiger partial charge in [0.2, 0.25) is 0 Å². The first-order valence-electron chi connectivity index (χ1n) is 8.31. The Hall–Kier alpha value is -1.83. The normalized spacial score (nSPS) is 14.8. The molecule has 134 valence electrons. The van der Waals surface area contributed by atoms with Crippen LogP contribution >= 0.6 is 24.0 Å². The Morgan fingerprint density at radius 2 is 2.04 bits per heavy atom. The summed E-state index contributed by atoms with van der Waals surface area (Å²) in [6.07, 6.45) is 3.32. The van der Waals surface area contributed by atoms with Crippen LogP contribution in [0.25, 0.3) is 5.57 Å². The van der Waals surface area contributed by atoms with Crippen molar-refractivity contribution in [2.45, 2.75) is 26.8 Å². The molecule has 6 heteroatoms. The third-order valence-electron chi connectivity index (χ3n) is 4.47. The molecule has 0 bridgehead atoms. The molecule has 1 aromatic carbocycles. The van der Waals surface area contributed by atoms with Crippen molar-refractivity contribution in [3.63, 3.8) is 0 Å². The highest BCUT2D eigenvalue weighted by Gasteiger charge is 2.17. The van der Waals surface area contributed by atoms with Crippen LogP contribution in [0.2, 0.25) is 0 Å². The largest absolute Gasteiger partial charge is 0.361 e. The van der Waals surface area contributed by atoms with Crippen LogP contribution in [-0.4, -0.2) is 36.2 Å². The lowest BCUT2D eigenvalue weighted by Crippen LogP contribution is -2.43. The van der Waals surface area contributed by atoms with E-state index in [4.69, 9.17) is 4.52 Å². The van der Waals surface area contributed by atoms with Crippen LogP contribution in [-0.2, 0) is 6.54 Å². The van der Waals surface area contributed by atoms with E-state index in [9.17, 15) is 0 Å². The number of nitrogens with one attached hydrogen (secondary N) is 1. The standard InChI is InChI=1S/C19H24N4O.HI/c1-14-18(15(2)24-22-14)13-21-19(20-3)23-11-9-17(10-12-23)16-7-5-4-6-8-16;/h4-9H,10-13H2,1-3H3,(H,20,21);1H. The van der Waals surface area contributed by atoms with Gasteiger partial charge in [0.25, 0.3) is 0 Å². The summed E-state index contributed by atoms with van der Waals surface area (Å²) < 4.78 is 5.22. The van der Waals surface area contributed by atoms with Gasteiger partial charge in [-0.05, 0) is 31.4 Å². The zero-order valence-electron chi connectivity index (χ0n) is 15.0. The molecule has 25 heavy (non-hydrogen) atoms. The van der Waals surface area contributed by atoms with Gasteiger partial charge in [0.05, 0.1) is 5.69 Å². The van der Waals surface area contributed by atoms with Crippen molar-refractivity contribution in [1.29, 1.82) is 0 Å². The molecule has 5 nitrogen and oxygen atoms in total. The van der Waals surface area contributed by atoms with Gasteiger partial charge in [-0.1, -0.05) is 41.6 Å². The molecule has 0 radical (unpaired) electrons. The summed E-state index contributed by atoms with van der Waals surface area (Å²) in [6, 6.07) is 10.6. The fourth-order valence-corrected chi connectivity index (χ4v) is 3.03. The first-order chi connectivity index (χ1) is 11.7. The molecule has 1 aliphatic rings. The number of aliphatic imine (C=N–C) groups is 1. The Labute approximate surface area is 166 Å². The third-order valence-corrected chi connectivity index (χ3v) is 4.47. The number of rotatable bonds is 3. The molecule has 0 unspecified atom stereocenters. The molecular weight excluding hydrogens is 427 g/mol. The number of aromatic nitrogens is 1. The van der Waals surface area contributed by atoms with Crippen molar-refractivity contribution < 1.29 is 4.52 Å². The van der Waals surface area contributed by atoms with Crippen molar-refractivity contribution in [3.8, 4) is 0 Å². The number of benzene rings is 1. The monoisotopic (exact) mass is 452 g/mol. The predicted molar refractivity (Wildman–Crippen MR) is 112 cm³/mol. The van der Waals surface area contributed by atoms with Crippen molar-refractivity contribution >= 4 is 35.5 Å².